The van der Waals surface area contributed by atoms with Crippen molar-refractivity contribution in [3.63, 3.8) is 0 Å². The summed E-state index contributed by atoms with van der Waals surface area (Å²) in [5.41, 5.74) is 0. The molecule has 2 atom stereocenters. The molecule has 2 aliphatic rings. The first-order valence-electron chi connectivity index (χ1n) is 9.31. The summed E-state index contributed by atoms with van der Waals surface area (Å²) in [5, 5.41) is 11.6. The predicted molar refractivity (Wildman–Crippen MR) is 112 cm³/mol. The number of hydrogen-bond donors (Lipinski definition) is 2. The van der Waals surface area contributed by atoms with Gasteiger partial charge in [-0.2, -0.15) is 5.10 Å². The highest BCUT2D eigenvalue weighted by molar-refractivity contribution is 14.0. The lowest BCUT2D eigenvalue weighted by Gasteiger charge is -2.35. The fourth-order valence-corrected chi connectivity index (χ4v) is 3.86. The van der Waals surface area contributed by atoms with Crippen LogP contribution in [-0.4, -0.2) is 64.4 Å². The number of piperidine rings is 1. The van der Waals surface area contributed by atoms with E-state index in [1.807, 2.05) is 18.7 Å². The summed E-state index contributed by atoms with van der Waals surface area (Å²) in [6.07, 6.45) is 6.00. The van der Waals surface area contributed by atoms with E-state index in [1.165, 1.54) is 25.8 Å². The fourth-order valence-electron chi connectivity index (χ4n) is 3.86. The molecule has 1 aromatic rings. The van der Waals surface area contributed by atoms with E-state index < -0.39 is 0 Å². The molecule has 0 radical (unpaired) electrons. The zero-order chi connectivity index (χ0) is 16.9. The molecule has 0 aromatic carbocycles. The smallest absolute Gasteiger partial charge is 0.191 e. The molecule has 2 aliphatic heterocycles. The first-order valence-corrected chi connectivity index (χ1v) is 9.31. The zero-order valence-corrected chi connectivity index (χ0v) is 18.0. The number of aliphatic imine (C=N–C) groups is 1. The minimum absolute atomic E-state index is 0. The molecule has 2 N–H and O–H groups in total. The highest BCUT2D eigenvalue weighted by Gasteiger charge is 2.23. The van der Waals surface area contributed by atoms with Crippen molar-refractivity contribution in [1.29, 1.82) is 0 Å². The Balaban J connectivity index is 0.00000225. The summed E-state index contributed by atoms with van der Waals surface area (Å²) in [7, 11) is 1.85. The van der Waals surface area contributed by atoms with Gasteiger partial charge in [0.05, 0.1) is 6.54 Å². The van der Waals surface area contributed by atoms with E-state index in [0.29, 0.717) is 12.1 Å². The van der Waals surface area contributed by atoms with Crippen LogP contribution in [0, 0.1) is 6.92 Å². The van der Waals surface area contributed by atoms with Crippen LogP contribution < -0.4 is 10.6 Å². The molecule has 142 valence electrons. The molecule has 0 saturated carbocycles. The summed E-state index contributed by atoms with van der Waals surface area (Å²) in [4.78, 5) is 11.5. The molecule has 25 heavy (non-hydrogen) atoms. The van der Waals surface area contributed by atoms with Crippen LogP contribution in [0.3, 0.4) is 0 Å². The van der Waals surface area contributed by atoms with Crippen molar-refractivity contribution in [1.82, 2.24) is 30.3 Å². The SMILES string of the molecule is CCN1CCCCC1CNC(=NC)NC1CCc2nc(C)nn2C1.I. The number of likely N-dealkylation sites (N-methyl/N-ethyl adjacent to an activating group) is 1. The number of nitrogens with one attached hydrogen (secondary N) is 2. The molecule has 1 saturated heterocycles. The molecule has 7 nitrogen and oxygen atoms in total. The van der Waals surface area contributed by atoms with Gasteiger partial charge in [0.2, 0.25) is 0 Å². The molecule has 0 aliphatic carbocycles. The van der Waals surface area contributed by atoms with E-state index in [0.717, 1.165) is 50.1 Å². The Bertz CT molecular complexity index is 571. The number of guanidine groups is 1. The van der Waals surface area contributed by atoms with Gasteiger partial charge in [0, 0.05) is 32.1 Å². The minimum Gasteiger partial charge on any atom is -0.355 e. The maximum atomic E-state index is 4.47. The molecule has 0 amide bonds. The quantitative estimate of drug-likeness (QED) is 0.405. The maximum Gasteiger partial charge on any atom is 0.191 e. The molecule has 3 heterocycles. The highest BCUT2D eigenvalue weighted by Crippen LogP contribution is 2.16. The summed E-state index contributed by atoms with van der Waals surface area (Å²) >= 11 is 0. The maximum absolute atomic E-state index is 4.47. The second-order valence-electron chi connectivity index (χ2n) is 6.87. The largest absolute Gasteiger partial charge is 0.355 e. The molecule has 8 heteroatoms. The van der Waals surface area contributed by atoms with Crippen LogP contribution in [0.5, 0.6) is 0 Å². The van der Waals surface area contributed by atoms with Crippen molar-refractivity contribution in [3.05, 3.63) is 11.6 Å². The van der Waals surface area contributed by atoms with E-state index in [1.54, 1.807) is 0 Å². The van der Waals surface area contributed by atoms with Crippen LogP contribution >= 0.6 is 24.0 Å². The number of halogens is 1. The normalized spacial score (nSPS) is 24.4. The summed E-state index contributed by atoms with van der Waals surface area (Å²) < 4.78 is 2.03. The molecule has 0 spiro atoms. The van der Waals surface area contributed by atoms with Crippen molar-refractivity contribution in [2.45, 2.75) is 64.6 Å². The number of likely N-dealkylation sites (tertiary alicyclic amines) is 1. The first kappa shape index (κ1) is 20.4. The number of fused-ring (bicyclic) bond motifs is 1. The molecule has 1 aromatic heterocycles. The highest BCUT2D eigenvalue weighted by atomic mass is 127. The van der Waals surface area contributed by atoms with Crippen LogP contribution in [0.4, 0.5) is 0 Å². The Morgan fingerprint density at radius 3 is 2.92 bits per heavy atom. The van der Waals surface area contributed by atoms with Crippen LogP contribution in [0.2, 0.25) is 0 Å². The Kier molecular flexibility index (Phi) is 7.92. The van der Waals surface area contributed by atoms with Crippen molar-refractivity contribution in [2.75, 3.05) is 26.7 Å². The van der Waals surface area contributed by atoms with Crippen LogP contribution in [0.1, 0.15) is 44.3 Å². The average molecular weight is 461 g/mol. The zero-order valence-electron chi connectivity index (χ0n) is 15.7. The summed E-state index contributed by atoms with van der Waals surface area (Å²) in [6.45, 7) is 8.40. The van der Waals surface area contributed by atoms with Crippen molar-refractivity contribution in [3.8, 4) is 0 Å². The number of hydrogen-bond acceptors (Lipinski definition) is 4. The first-order chi connectivity index (χ1) is 11.7. The standard InChI is InChI=1S/C17H31N7.HI/c1-4-23-10-6-5-7-15(23)11-19-17(18-3)21-14-8-9-16-20-13(2)22-24(16)12-14;/h14-15H,4-12H2,1-3H3,(H2,18,19,21);1H. The van der Waals surface area contributed by atoms with Gasteiger partial charge in [-0.25, -0.2) is 9.67 Å². The average Bonchev–Trinajstić information content (AvgIpc) is 2.98. The van der Waals surface area contributed by atoms with Crippen LogP contribution in [0.25, 0.3) is 0 Å². The van der Waals surface area contributed by atoms with E-state index in [-0.39, 0.29) is 24.0 Å². The Labute approximate surface area is 168 Å². The third-order valence-corrected chi connectivity index (χ3v) is 5.19. The van der Waals surface area contributed by atoms with Crippen molar-refractivity contribution in [2.24, 2.45) is 4.99 Å². The third-order valence-electron chi connectivity index (χ3n) is 5.19. The van der Waals surface area contributed by atoms with Gasteiger partial charge >= 0.3 is 0 Å². The van der Waals surface area contributed by atoms with E-state index in [4.69, 9.17) is 0 Å². The lowest BCUT2D eigenvalue weighted by Crippen LogP contribution is -2.52. The van der Waals surface area contributed by atoms with Crippen LogP contribution in [-0.2, 0) is 13.0 Å². The molecule has 0 bridgehead atoms. The number of rotatable bonds is 4. The van der Waals surface area contributed by atoms with Gasteiger partial charge in [-0.05, 0) is 39.3 Å². The summed E-state index contributed by atoms with van der Waals surface area (Å²) in [6, 6.07) is 0.983. The van der Waals surface area contributed by atoms with Gasteiger partial charge in [-0.1, -0.05) is 13.3 Å². The Morgan fingerprint density at radius 2 is 2.16 bits per heavy atom. The molecular formula is C17H32IN7. The van der Waals surface area contributed by atoms with Gasteiger partial charge < -0.3 is 10.6 Å². The number of aromatic nitrogens is 3. The molecular weight excluding hydrogens is 429 g/mol. The van der Waals surface area contributed by atoms with Crippen molar-refractivity contribution >= 4 is 29.9 Å². The topological polar surface area (TPSA) is 70.4 Å². The van der Waals surface area contributed by atoms with Gasteiger partial charge in [-0.15, -0.1) is 24.0 Å². The lowest BCUT2D eigenvalue weighted by molar-refractivity contribution is 0.157. The Morgan fingerprint density at radius 1 is 1.32 bits per heavy atom. The van der Waals surface area contributed by atoms with E-state index in [9.17, 15) is 0 Å². The van der Waals surface area contributed by atoms with Gasteiger partial charge in [-0.3, -0.25) is 9.89 Å². The number of nitrogens with zero attached hydrogens (tertiary/aromatic N) is 5. The van der Waals surface area contributed by atoms with Gasteiger partial charge in [0.25, 0.3) is 0 Å². The molecule has 3 rings (SSSR count). The predicted octanol–water partition coefficient (Wildman–Crippen LogP) is 1.56. The fraction of sp³-hybridized carbons (Fsp3) is 0.824. The minimum atomic E-state index is 0. The van der Waals surface area contributed by atoms with Gasteiger partial charge in [0.15, 0.2) is 5.96 Å². The monoisotopic (exact) mass is 461 g/mol. The third kappa shape index (κ3) is 5.29. The second kappa shape index (κ2) is 9.70. The lowest BCUT2D eigenvalue weighted by atomic mass is 10.0. The molecule has 2 unspecified atom stereocenters. The summed E-state index contributed by atoms with van der Waals surface area (Å²) in [5.74, 6) is 2.88. The number of aryl methyl sites for hydroxylation is 2. The Hall–Kier alpha value is -0.900. The second-order valence-corrected chi connectivity index (χ2v) is 6.87. The van der Waals surface area contributed by atoms with Crippen molar-refractivity contribution < 1.29 is 0 Å². The van der Waals surface area contributed by atoms with E-state index in [2.05, 4.69) is 37.5 Å². The molecule has 1 fully saturated rings. The van der Waals surface area contributed by atoms with Gasteiger partial charge in [0.1, 0.15) is 11.6 Å². The van der Waals surface area contributed by atoms with Crippen LogP contribution in [0.15, 0.2) is 4.99 Å². The van der Waals surface area contributed by atoms with E-state index >= 15 is 0 Å².